The Balaban J connectivity index is 2.76. The number of carbonyl (C=O) groups excluding carboxylic acids is 1. The van der Waals surface area contributed by atoms with E-state index in [0.717, 1.165) is 0 Å². The molecular formula is C33H60N2O10. The number of ether oxygens (including phenoxy) is 5. The molecule has 0 radical (unpaired) electrons. The van der Waals surface area contributed by atoms with Crippen molar-refractivity contribution in [2.75, 3.05) is 27.8 Å². The molecule has 0 bridgehead atoms. The van der Waals surface area contributed by atoms with Gasteiger partial charge in [-0.05, 0) is 61.1 Å². The molecule has 0 amide bonds. The topological polar surface area (TPSA) is 160 Å². The van der Waals surface area contributed by atoms with Crippen LogP contribution in [0.5, 0.6) is 0 Å². The summed E-state index contributed by atoms with van der Waals surface area (Å²) >= 11 is 0. The molecule has 2 heterocycles. The molecule has 12 nitrogen and oxygen atoms in total. The maximum absolute atomic E-state index is 13.7. The van der Waals surface area contributed by atoms with E-state index in [1.165, 1.54) is 6.92 Å². The van der Waals surface area contributed by atoms with Crippen molar-refractivity contribution >= 4 is 11.7 Å². The van der Waals surface area contributed by atoms with Gasteiger partial charge in [0.15, 0.2) is 6.29 Å². The molecule has 2 saturated heterocycles. The highest BCUT2D eigenvalue weighted by Crippen LogP contribution is 2.40. The van der Waals surface area contributed by atoms with Gasteiger partial charge in [-0.25, -0.2) is 0 Å². The summed E-state index contributed by atoms with van der Waals surface area (Å²) in [6.07, 6.45) is -3.66. The number of likely N-dealkylation sites (N-methyl/N-ethyl adjacent to an activating group) is 1. The summed E-state index contributed by atoms with van der Waals surface area (Å²) in [5.41, 5.74) is -2.75. The number of aliphatic hydroxyl groups excluding tert-OH is 2. The van der Waals surface area contributed by atoms with Crippen LogP contribution in [-0.2, 0) is 28.5 Å². The van der Waals surface area contributed by atoms with Crippen LogP contribution in [-0.4, -0.2) is 125 Å². The first kappa shape index (κ1) is 39.5. The van der Waals surface area contributed by atoms with Crippen LogP contribution >= 0.6 is 0 Å². The highest BCUT2D eigenvalue weighted by atomic mass is 16.7. The van der Waals surface area contributed by atoms with Crippen LogP contribution in [0, 0.1) is 23.7 Å². The summed E-state index contributed by atoms with van der Waals surface area (Å²) in [4.78, 5) is 15.7. The molecule has 2 rings (SSSR count). The average Bonchev–Trinajstić information content (AvgIpc) is 2.98. The molecule has 0 aromatic heterocycles. The molecule has 0 aromatic rings. The Kier molecular flexibility index (Phi) is 14.5. The fourth-order valence-electron chi connectivity index (χ4n) is 7.25. The third-order valence-electron chi connectivity index (χ3n) is 10.0. The second-order valence-electron chi connectivity index (χ2n) is 13.8. The first-order valence-electron chi connectivity index (χ1n) is 16.2. The highest BCUT2D eigenvalue weighted by molar-refractivity contribution is 5.88. The van der Waals surface area contributed by atoms with Crippen LogP contribution in [0.2, 0.25) is 0 Å². The van der Waals surface area contributed by atoms with Gasteiger partial charge in [-0.2, -0.15) is 0 Å². The first-order valence-corrected chi connectivity index (χ1v) is 16.2. The zero-order chi connectivity index (χ0) is 34.4. The number of carbonyl (C=O) groups is 1. The number of cyclic esters (lactones) is 1. The zero-order valence-corrected chi connectivity index (χ0v) is 29.2. The van der Waals surface area contributed by atoms with Gasteiger partial charge in [0.25, 0.3) is 0 Å². The monoisotopic (exact) mass is 644 g/mol. The van der Waals surface area contributed by atoms with Gasteiger partial charge >= 0.3 is 5.97 Å². The van der Waals surface area contributed by atoms with E-state index in [1.54, 1.807) is 34.0 Å². The lowest BCUT2D eigenvalue weighted by Crippen LogP contribution is -2.60. The lowest BCUT2D eigenvalue weighted by Gasteiger charge is -2.48. The molecule has 0 unspecified atom stereocenters. The van der Waals surface area contributed by atoms with E-state index in [0.29, 0.717) is 6.42 Å². The van der Waals surface area contributed by atoms with Crippen molar-refractivity contribution < 1.29 is 49.0 Å². The number of rotatable bonds is 8. The van der Waals surface area contributed by atoms with Crippen LogP contribution in [0.4, 0.5) is 0 Å². The number of hydrogen-bond donors (Lipinski definition) is 4. The normalized spacial score (nSPS) is 45.2. The van der Waals surface area contributed by atoms with Crippen molar-refractivity contribution in [2.24, 2.45) is 28.8 Å². The quantitative estimate of drug-likeness (QED) is 0.133. The highest BCUT2D eigenvalue weighted by Gasteiger charge is 2.52. The lowest BCUT2D eigenvalue weighted by atomic mass is 9.73. The second kappa shape index (κ2) is 16.5. The fraction of sp³-hybridized carbons (Fsp3) is 0.879. The summed E-state index contributed by atoms with van der Waals surface area (Å²) < 4.78 is 31.2. The van der Waals surface area contributed by atoms with Gasteiger partial charge in [-0.15, -0.1) is 6.58 Å². The summed E-state index contributed by atoms with van der Waals surface area (Å²) in [7, 11) is 5.34. The van der Waals surface area contributed by atoms with Crippen molar-refractivity contribution in [3.63, 3.8) is 0 Å². The van der Waals surface area contributed by atoms with Gasteiger partial charge in [-0.1, -0.05) is 38.9 Å². The molecular weight excluding hydrogens is 584 g/mol. The number of nitrogens with zero attached hydrogens (tertiary/aromatic N) is 2. The molecule has 262 valence electrons. The van der Waals surface area contributed by atoms with E-state index in [2.05, 4.69) is 11.7 Å². The largest absolute Gasteiger partial charge is 0.459 e. The molecule has 14 atom stereocenters. The predicted octanol–water partition coefficient (Wildman–Crippen LogP) is 2.99. The van der Waals surface area contributed by atoms with Crippen LogP contribution in [0.1, 0.15) is 74.7 Å². The van der Waals surface area contributed by atoms with Crippen LogP contribution in [0.3, 0.4) is 0 Å². The van der Waals surface area contributed by atoms with E-state index in [9.17, 15) is 25.3 Å². The van der Waals surface area contributed by atoms with E-state index < -0.39 is 77.7 Å². The number of methoxy groups -OCH3 is 1. The Morgan fingerprint density at radius 2 is 1.76 bits per heavy atom. The number of oxime groups is 1. The Hall–Kier alpha value is -1.64. The maximum Gasteiger partial charge on any atom is 0.311 e. The van der Waals surface area contributed by atoms with Gasteiger partial charge in [0.05, 0.1) is 48.3 Å². The van der Waals surface area contributed by atoms with E-state index in [4.69, 9.17) is 23.7 Å². The van der Waals surface area contributed by atoms with Gasteiger partial charge in [0.1, 0.15) is 17.8 Å². The molecule has 2 aliphatic rings. The second-order valence-corrected chi connectivity index (χ2v) is 13.8. The van der Waals surface area contributed by atoms with Crippen molar-refractivity contribution in [3.05, 3.63) is 12.7 Å². The summed E-state index contributed by atoms with van der Waals surface area (Å²) in [6.45, 7) is 17.9. The molecule has 4 N–H and O–H groups in total. The van der Waals surface area contributed by atoms with E-state index in [-0.39, 0.29) is 37.3 Å². The van der Waals surface area contributed by atoms with Crippen molar-refractivity contribution in [1.29, 1.82) is 0 Å². The molecule has 0 spiro atoms. The fourth-order valence-corrected chi connectivity index (χ4v) is 7.25. The Morgan fingerprint density at radius 1 is 1.13 bits per heavy atom. The van der Waals surface area contributed by atoms with E-state index in [1.807, 2.05) is 46.7 Å². The number of aliphatic hydroxyl groups is 3. The van der Waals surface area contributed by atoms with Gasteiger partial charge in [0, 0.05) is 30.9 Å². The molecule has 0 aromatic carbocycles. The molecule has 45 heavy (non-hydrogen) atoms. The van der Waals surface area contributed by atoms with Crippen molar-refractivity contribution in [1.82, 2.24) is 4.90 Å². The summed E-state index contributed by atoms with van der Waals surface area (Å²) in [5, 5.41) is 48.1. The Labute approximate surface area is 269 Å². The van der Waals surface area contributed by atoms with Crippen molar-refractivity contribution in [3.8, 4) is 0 Å². The minimum atomic E-state index is -1.86. The van der Waals surface area contributed by atoms with E-state index >= 15 is 0 Å². The molecule has 2 aliphatic heterocycles. The Morgan fingerprint density at radius 3 is 2.27 bits per heavy atom. The minimum absolute atomic E-state index is 0.133. The summed E-state index contributed by atoms with van der Waals surface area (Å²) in [6, 6.07) is -0.226. The third-order valence-corrected chi connectivity index (χ3v) is 10.0. The third kappa shape index (κ3) is 8.84. The average molecular weight is 645 g/mol. The number of esters is 1. The predicted molar refractivity (Wildman–Crippen MR) is 170 cm³/mol. The SMILES string of the molecule is C=CCO[C@H]1[C@H](C)[C@@H](O[C@@H]2O[C@H](C)C[C@H](N(C)C)[C@H]2O)[C@](C)(OC)C[C@@H](C)/C(=N\O)[C@H](C)[C@@H](O)[C@](C)(O)[C@@H](CC)OC(=O)[C@@H]1C. The van der Waals surface area contributed by atoms with Crippen LogP contribution < -0.4 is 0 Å². The Bertz CT molecular complexity index is 993. The van der Waals surface area contributed by atoms with Gasteiger partial charge < -0.3 is 49.1 Å². The molecule has 0 aliphatic carbocycles. The molecule has 12 heteroatoms. The zero-order valence-electron chi connectivity index (χ0n) is 29.2. The van der Waals surface area contributed by atoms with Crippen LogP contribution in [0.25, 0.3) is 0 Å². The first-order chi connectivity index (χ1) is 20.9. The summed E-state index contributed by atoms with van der Waals surface area (Å²) in [5.74, 6) is -3.30. The van der Waals surface area contributed by atoms with Crippen LogP contribution in [0.15, 0.2) is 17.8 Å². The standard InChI is InChI=1S/C33H60N2O10/c1-13-15-42-27-21(6)29(45-31-26(36)23(35(10)11)16-19(4)43-31)32(8,41-12)17-18(3)25(34-40)20(5)28(37)33(9,39)24(14-2)44-30(38)22(27)7/h13,18-24,26-29,31,36-37,39-40H,1,14-17H2,2-12H3/b34-25+/t18-,19-,20+,21+,22-,23+,24-,26-,27+,28-,29-,31+,32-,33-/m1/s1. The number of hydrogen-bond acceptors (Lipinski definition) is 12. The van der Waals surface area contributed by atoms with Gasteiger partial charge in [-0.3, -0.25) is 4.79 Å². The molecule has 0 saturated carbocycles. The smallest absolute Gasteiger partial charge is 0.311 e. The van der Waals surface area contributed by atoms with Crippen molar-refractivity contribution in [2.45, 2.75) is 135 Å². The minimum Gasteiger partial charge on any atom is -0.459 e. The van der Waals surface area contributed by atoms with Gasteiger partial charge in [0.2, 0.25) is 0 Å². The lowest BCUT2D eigenvalue weighted by molar-refractivity contribution is -0.302. The molecule has 2 fully saturated rings. The maximum atomic E-state index is 13.7.